The largest absolute Gasteiger partial charge is 0.503 e. The number of benzene rings is 1. The number of rotatable bonds is 4. The van der Waals surface area contributed by atoms with Crippen molar-refractivity contribution in [2.24, 2.45) is 0 Å². The van der Waals surface area contributed by atoms with E-state index in [1.807, 2.05) is 0 Å². The van der Waals surface area contributed by atoms with E-state index < -0.39 is 23.7 Å². The van der Waals surface area contributed by atoms with Crippen LogP contribution < -0.4 is 4.74 Å². The zero-order valence-electron chi connectivity index (χ0n) is 11.2. The molecule has 2 rings (SSSR count). The quantitative estimate of drug-likeness (QED) is 0.807. The third kappa shape index (κ3) is 3.18. The minimum absolute atomic E-state index is 0.0235. The van der Waals surface area contributed by atoms with Crippen LogP contribution >= 0.6 is 23.4 Å². The fraction of sp³-hybridized carbons (Fsp3) is 0.154. The Bertz CT molecular complexity index is 702. The van der Waals surface area contributed by atoms with Crippen LogP contribution in [0.4, 0.5) is 4.79 Å². The number of carboxylic acid groups (broad SMARTS) is 1. The highest BCUT2D eigenvalue weighted by Gasteiger charge is 2.36. The fourth-order valence-electron chi connectivity index (χ4n) is 1.76. The number of aliphatic carboxylic acids is 1. The molecule has 0 aliphatic carbocycles. The van der Waals surface area contributed by atoms with Crippen LogP contribution in [-0.2, 0) is 9.59 Å². The van der Waals surface area contributed by atoms with Gasteiger partial charge in [-0.25, -0.2) is 0 Å². The first-order valence-electron chi connectivity index (χ1n) is 5.87. The van der Waals surface area contributed by atoms with Crippen molar-refractivity contribution >= 4 is 46.6 Å². The number of phenolic OH excluding ortho intramolecular Hbond substituents is 1. The standard InChI is InChI=1S/C13H10ClNO6S/c1-21-8-3-6(2-7(14)11(8)18)4-9-12(19)15(5-10(16)17)13(20)22-9/h2-4,18H,5H2,1H3,(H,16,17). The summed E-state index contributed by atoms with van der Waals surface area (Å²) in [6.07, 6.45) is 1.38. The molecule has 1 aliphatic heterocycles. The first kappa shape index (κ1) is 16.2. The highest BCUT2D eigenvalue weighted by atomic mass is 35.5. The molecule has 0 atom stereocenters. The Morgan fingerprint density at radius 1 is 1.45 bits per heavy atom. The highest BCUT2D eigenvalue weighted by molar-refractivity contribution is 8.18. The molecule has 1 saturated heterocycles. The third-order valence-corrected chi connectivity index (χ3v) is 3.93. The van der Waals surface area contributed by atoms with Crippen LogP contribution in [0.5, 0.6) is 11.5 Å². The van der Waals surface area contributed by atoms with E-state index in [0.717, 1.165) is 0 Å². The fourth-order valence-corrected chi connectivity index (χ4v) is 2.81. The second-order valence-corrected chi connectivity index (χ2v) is 5.62. The van der Waals surface area contributed by atoms with Gasteiger partial charge in [0.2, 0.25) is 0 Å². The number of amides is 2. The van der Waals surface area contributed by atoms with Gasteiger partial charge in [0.1, 0.15) is 6.54 Å². The third-order valence-electron chi connectivity index (χ3n) is 2.74. The first-order valence-corrected chi connectivity index (χ1v) is 7.06. The van der Waals surface area contributed by atoms with Crippen LogP contribution in [0.15, 0.2) is 17.0 Å². The van der Waals surface area contributed by atoms with Crippen molar-refractivity contribution < 1.29 is 29.3 Å². The van der Waals surface area contributed by atoms with E-state index in [1.165, 1.54) is 25.3 Å². The molecule has 0 bridgehead atoms. The molecular weight excluding hydrogens is 334 g/mol. The molecule has 116 valence electrons. The van der Waals surface area contributed by atoms with E-state index in [-0.39, 0.29) is 21.4 Å². The average molecular weight is 344 g/mol. The van der Waals surface area contributed by atoms with Gasteiger partial charge in [-0.15, -0.1) is 0 Å². The van der Waals surface area contributed by atoms with Crippen LogP contribution in [-0.4, -0.2) is 45.9 Å². The topological polar surface area (TPSA) is 104 Å². The molecule has 0 spiro atoms. The number of thioether (sulfide) groups is 1. The number of hydrogen-bond acceptors (Lipinski definition) is 6. The lowest BCUT2D eigenvalue weighted by Gasteiger charge is -2.08. The van der Waals surface area contributed by atoms with E-state index in [2.05, 4.69) is 0 Å². The summed E-state index contributed by atoms with van der Waals surface area (Å²) < 4.78 is 4.94. The lowest BCUT2D eigenvalue weighted by atomic mass is 10.2. The van der Waals surface area contributed by atoms with Crippen molar-refractivity contribution in [2.75, 3.05) is 13.7 Å². The highest BCUT2D eigenvalue weighted by Crippen LogP contribution is 2.37. The molecule has 2 N–H and O–H groups in total. The second-order valence-electron chi connectivity index (χ2n) is 4.22. The number of methoxy groups -OCH3 is 1. The predicted octanol–water partition coefficient (Wildman–Crippen LogP) is 2.18. The number of hydrogen-bond donors (Lipinski definition) is 2. The van der Waals surface area contributed by atoms with Crippen LogP contribution in [0, 0.1) is 0 Å². The van der Waals surface area contributed by atoms with E-state index in [9.17, 15) is 19.5 Å². The molecule has 0 radical (unpaired) electrons. The van der Waals surface area contributed by atoms with Crippen molar-refractivity contribution in [1.29, 1.82) is 0 Å². The van der Waals surface area contributed by atoms with E-state index >= 15 is 0 Å². The van der Waals surface area contributed by atoms with Gasteiger partial charge in [0.25, 0.3) is 11.1 Å². The number of carbonyl (C=O) groups is 3. The maximum atomic E-state index is 12.0. The van der Waals surface area contributed by atoms with Gasteiger partial charge in [-0.2, -0.15) is 0 Å². The Labute approximate surface area is 134 Å². The molecule has 1 fully saturated rings. The van der Waals surface area contributed by atoms with Crippen LogP contribution in [0.3, 0.4) is 0 Å². The predicted molar refractivity (Wildman–Crippen MR) is 80.0 cm³/mol. The number of carboxylic acids is 1. The number of nitrogens with zero attached hydrogens (tertiary/aromatic N) is 1. The molecule has 2 amide bonds. The van der Waals surface area contributed by atoms with E-state index in [4.69, 9.17) is 21.4 Å². The van der Waals surface area contributed by atoms with Crippen molar-refractivity contribution in [3.05, 3.63) is 27.6 Å². The average Bonchev–Trinajstić information content (AvgIpc) is 2.70. The number of ether oxygens (including phenoxy) is 1. The lowest BCUT2D eigenvalue weighted by molar-refractivity contribution is -0.140. The minimum atomic E-state index is -1.28. The number of imide groups is 1. The second kappa shape index (κ2) is 6.29. The molecule has 0 unspecified atom stereocenters. The monoisotopic (exact) mass is 343 g/mol. The Morgan fingerprint density at radius 3 is 2.73 bits per heavy atom. The molecule has 1 aromatic carbocycles. The van der Waals surface area contributed by atoms with Crippen LogP contribution in [0.1, 0.15) is 5.56 Å². The molecule has 7 nitrogen and oxygen atoms in total. The summed E-state index contributed by atoms with van der Waals surface area (Å²) >= 11 is 6.47. The Hall–Kier alpha value is -2.19. The van der Waals surface area contributed by atoms with Gasteiger partial charge in [-0.05, 0) is 35.5 Å². The maximum Gasteiger partial charge on any atom is 0.323 e. The van der Waals surface area contributed by atoms with Gasteiger partial charge in [-0.1, -0.05) is 11.6 Å². The Kier molecular flexibility index (Phi) is 4.62. The number of aromatic hydroxyl groups is 1. The number of halogens is 1. The molecule has 1 heterocycles. The first-order chi connectivity index (χ1) is 10.3. The van der Waals surface area contributed by atoms with Crippen molar-refractivity contribution in [3.63, 3.8) is 0 Å². The van der Waals surface area contributed by atoms with E-state index in [0.29, 0.717) is 22.2 Å². The SMILES string of the molecule is COc1cc(C=C2SC(=O)N(CC(=O)O)C2=O)cc(Cl)c1O. The number of phenols is 1. The zero-order valence-corrected chi connectivity index (χ0v) is 12.8. The van der Waals surface area contributed by atoms with Crippen molar-refractivity contribution in [3.8, 4) is 11.5 Å². The van der Waals surface area contributed by atoms with Crippen molar-refractivity contribution in [1.82, 2.24) is 4.90 Å². The molecule has 22 heavy (non-hydrogen) atoms. The smallest absolute Gasteiger partial charge is 0.323 e. The molecule has 1 aliphatic rings. The summed E-state index contributed by atoms with van der Waals surface area (Å²) in [5.41, 5.74) is 0.431. The molecule has 0 aromatic heterocycles. The van der Waals surface area contributed by atoms with Crippen molar-refractivity contribution in [2.45, 2.75) is 0 Å². The summed E-state index contributed by atoms with van der Waals surface area (Å²) in [4.78, 5) is 35.0. The summed E-state index contributed by atoms with van der Waals surface area (Å²) in [5, 5.41) is 17.7. The zero-order chi connectivity index (χ0) is 16.4. The summed E-state index contributed by atoms with van der Waals surface area (Å²) in [5.74, 6) is -2.10. The molecule has 9 heteroatoms. The lowest BCUT2D eigenvalue weighted by Crippen LogP contribution is -2.33. The molecule has 0 saturated carbocycles. The van der Waals surface area contributed by atoms with Gasteiger partial charge >= 0.3 is 5.97 Å². The van der Waals surface area contributed by atoms with Crippen LogP contribution in [0.25, 0.3) is 6.08 Å². The summed E-state index contributed by atoms with van der Waals surface area (Å²) in [7, 11) is 1.34. The van der Waals surface area contributed by atoms with Gasteiger partial charge in [0.05, 0.1) is 17.0 Å². The summed E-state index contributed by atoms with van der Waals surface area (Å²) in [6.45, 7) is -0.693. The maximum absolute atomic E-state index is 12.0. The molecule has 1 aromatic rings. The molecular formula is C13H10ClNO6S. The van der Waals surface area contributed by atoms with E-state index in [1.54, 1.807) is 0 Å². The number of carbonyl (C=O) groups excluding carboxylic acids is 2. The van der Waals surface area contributed by atoms with Gasteiger partial charge in [-0.3, -0.25) is 19.3 Å². The normalized spacial score (nSPS) is 16.5. The van der Waals surface area contributed by atoms with Crippen LogP contribution in [0.2, 0.25) is 5.02 Å². The van der Waals surface area contributed by atoms with Gasteiger partial charge in [0.15, 0.2) is 11.5 Å². The minimum Gasteiger partial charge on any atom is -0.503 e. The van der Waals surface area contributed by atoms with Gasteiger partial charge < -0.3 is 14.9 Å². The Balaban J connectivity index is 2.34. The summed E-state index contributed by atoms with van der Waals surface area (Å²) in [6, 6.07) is 2.83. The van der Waals surface area contributed by atoms with Gasteiger partial charge in [0, 0.05) is 0 Å². The Morgan fingerprint density at radius 2 is 2.14 bits per heavy atom.